The van der Waals surface area contributed by atoms with E-state index in [4.69, 9.17) is 4.74 Å². The number of hydrogen-bond acceptors (Lipinski definition) is 3. The molecular formula is C17H27NO2. The van der Waals surface area contributed by atoms with Crippen molar-refractivity contribution >= 4 is 0 Å². The van der Waals surface area contributed by atoms with Crippen LogP contribution >= 0.6 is 0 Å². The van der Waals surface area contributed by atoms with Gasteiger partial charge in [-0.2, -0.15) is 0 Å². The molecular weight excluding hydrogens is 250 g/mol. The zero-order chi connectivity index (χ0) is 14.5. The lowest BCUT2D eigenvalue weighted by Crippen LogP contribution is -2.37. The summed E-state index contributed by atoms with van der Waals surface area (Å²) in [6.07, 6.45) is 4.57. The Balaban J connectivity index is 2.13. The van der Waals surface area contributed by atoms with Crippen LogP contribution in [0.4, 0.5) is 0 Å². The van der Waals surface area contributed by atoms with Crippen molar-refractivity contribution in [1.82, 2.24) is 4.90 Å². The number of phenols is 1. The van der Waals surface area contributed by atoms with Crippen LogP contribution in [0.1, 0.15) is 43.4 Å². The van der Waals surface area contributed by atoms with Gasteiger partial charge in [0.2, 0.25) is 0 Å². The molecule has 1 aliphatic rings. The fourth-order valence-corrected chi connectivity index (χ4v) is 3.27. The number of aromatic hydroxyl groups is 1. The van der Waals surface area contributed by atoms with Gasteiger partial charge in [0.15, 0.2) is 0 Å². The molecule has 0 radical (unpaired) electrons. The van der Waals surface area contributed by atoms with E-state index in [1.807, 2.05) is 6.07 Å². The van der Waals surface area contributed by atoms with Crippen LogP contribution in [-0.2, 0) is 24.2 Å². The number of ether oxygens (including phenoxy) is 1. The van der Waals surface area contributed by atoms with Crippen molar-refractivity contribution in [2.75, 3.05) is 20.2 Å². The van der Waals surface area contributed by atoms with Crippen molar-refractivity contribution in [3.8, 4) is 5.75 Å². The summed E-state index contributed by atoms with van der Waals surface area (Å²) in [5.74, 6) is 0.379. The molecule has 1 aliphatic carbocycles. The summed E-state index contributed by atoms with van der Waals surface area (Å²) in [5.41, 5.74) is 3.60. The molecule has 1 atom stereocenters. The Kier molecular flexibility index (Phi) is 5.44. The zero-order valence-electron chi connectivity index (χ0n) is 13.0. The second-order valence-electron chi connectivity index (χ2n) is 5.78. The van der Waals surface area contributed by atoms with Gasteiger partial charge in [-0.1, -0.05) is 13.8 Å². The second kappa shape index (κ2) is 7.09. The third-order valence-electron chi connectivity index (χ3n) is 4.15. The Morgan fingerprint density at radius 1 is 1.15 bits per heavy atom. The van der Waals surface area contributed by atoms with Crippen LogP contribution in [0.5, 0.6) is 5.75 Å². The highest BCUT2D eigenvalue weighted by Crippen LogP contribution is 2.31. The average molecular weight is 277 g/mol. The predicted octanol–water partition coefficient (Wildman–Crippen LogP) is 3.13. The Morgan fingerprint density at radius 2 is 1.75 bits per heavy atom. The van der Waals surface area contributed by atoms with Crippen LogP contribution in [0.2, 0.25) is 0 Å². The minimum Gasteiger partial charge on any atom is -0.508 e. The second-order valence-corrected chi connectivity index (χ2v) is 5.78. The van der Waals surface area contributed by atoms with Crippen molar-refractivity contribution in [2.45, 2.75) is 52.2 Å². The van der Waals surface area contributed by atoms with Crippen LogP contribution in [0, 0.1) is 0 Å². The quantitative estimate of drug-likeness (QED) is 0.831. The molecule has 3 heteroatoms. The first-order valence-corrected chi connectivity index (χ1v) is 7.76. The van der Waals surface area contributed by atoms with Crippen molar-refractivity contribution in [2.24, 2.45) is 0 Å². The van der Waals surface area contributed by atoms with E-state index in [-0.39, 0.29) is 0 Å². The number of benzene rings is 1. The molecule has 0 saturated carbocycles. The molecule has 0 amide bonds. The number of hydrogen-bond donors (Lipinski definition) is 1. The molecule has 20 heavy (non-hydrogen) atoms. The van der Waals surface area contributed by atoms with Crippen molar-refractivity contribution in [3.05, 3.63) is 28.8 Å². The number of phenolic OH excluding ortho intramolecular Hbond substituents is 1. The Labute approximate surface area is 122 Å². The van der Waals surface area contributed by atoms with Crippen molar-refractivity contribution in [3.63, 3.8) is 0 Å². The van der Waals surface area contributed by atoms with Gasteiger partial charge in [-0.25, -0.2) is 0 Å². The van der Waals surface area contributed by atoms with Gasteiger partial charge in [0, 0.05) is 18.7 Å². The van der Waals surface area contributed by atoms with Gasteiger partial charge in [-0.05, 0) is 62.0 Å². The Hall–Kier alpha value is -1.06. The molecule has 3 nitrogen and oxygen atoms in total. The molecule has 112 valence electrons. The minimum atomic E-state index is 0.379. The van der Waals surface area contributed by atoms with Gasteiger partial charge in [0.1, 0.15) is 5.75 Å². The first-order valence-electron chi connectivity index (χ1n) is 7.76. The summed E-state index contributed by atoms with van der Waals surface area (Å²) >= 11 is 0. The van der Waals surface area contributed by atoms with Gasteiger partial charge in [-0.15, -0.1) is 0 Å². The van der Waals surface area contributed by atoms with Gasteiger partial charge in [0.05, 0.1) is 6.61 Å². The SMILES string of the molecule is CCCN(CCC)C1Cc2cc(O)c(COC)cc2C1. The topological polar surface area (TPSA) is 32.7 Å². The molecule has 0 aliphatic heterocycles. The molecule has 0 saturated heterocycles. The average Bonchev–Trinajstić information content (AvgIpc) is 2.82. The molecule has 1 aromatic carbocycles. The number of rotatable bonds is 7. The molecule has 1 aromatic rings. The van der Waals surface area contributed by atoms with E-state index < -0.39 is 0 Å². The van der Waals surface area contributed by atoms with E-state index in [0.29, 0.717) is 18.4 Å². The van der Waals surface area contributed by atoms with Crippen molar-refractivity contribution in [1.29, 1.82) is 0 Å². The first-order chi connectivity index (χ1) is 9.69. The summed E-state index contributed by atoms with van der Waals surface area (Å²) in [4.78, 5) is 2.60. The summed E-state index contributed by atoms with van der Waals surface area (Å²) < 4.78 is 5.15. The smallest absolute Gasteiger partial charge is 0.121 e. The number of nitrogens with zero attached hydrogens (tertiary/aromatic N) is 1. The minimum absolute atomic E-state index is 0.379. The highest BCUT2D eigenvalue weighted by molar-refractivity contribution is 5.45. The molecule has 0 spiro atoms. The van der Waals surface area contributed by atoms with E-state index in [0.717, 1.165) is 18.4 Å². The lowest BCUT2D eigenvalue weighted by molar-refractivity contribution is 0.182. The zero-order valence-corrected chi connectivity index (χ0v) is 13.0. The van der Waals surface area contributed by atoms with Crippen molar-refractivity contribution < 1.29 is 9.84 Å². The predicted molar refractivity (Wildman–Crippen MR) is 82.2 cm³/mol. The van der Waals surface area contributed by atoms with Gasteiger partial charge in [0.25, 0.3) is 0 Å². The maximum Gasteiger partial charge on any atom is 0.121 e. The number of fused-ring (bicyclic) bond motifs is 1. The van der Waals surface area contributed by atoms with E-state index in [2.05, 4.69) is 24.8 Å². The fraction of sp³-hybridized carbons (Fsp3) is 0.647. The van der Waals surface area contributed by atoms with E-state index >= 15 is 0 Å². The molecule has 0 fully saturated rings. The first kappa shape index (κ1) is 15.3. The molecule has 0 heterocycles. The highest BCUT2D eigenvalue weighted by Gasteiger charge is 2.27. The normalized spacial score (nSPS) is 17.7. The standard InChI is InChI=1S/C17H27NO2/c1-4-6-18(7-5-2)16-9-13-8-15(12-20-3)17(19)11-14(13)10-16/h8,11,16,19H,4-7,9-10,12H2,1-3H3. The fourth-order valence-electron chi connectivity index (χ4n) is 3.27. The molecule has 2 rings (SSSR count). The maximum absolute atomic E-state index is 10.0. The third-order valence-corrected chi connectivity index (χ3v) is 4.15. The molecule has 1 unspecified atom stereocenters. The Bertz CT molecular complexity index is 439. The highest BCUT2D eigenvalue weighted by atomic mass is 16.5. The molecule has 1 N–H and O–H groups in total. The molecule has 0 aromatic heterocycles. The third kappa shape index (κ3) is 3.33. The van der Waals surface area contributed by atoms with Gasteiger partial charge < -0.3 is 9.84 Å². The number of methoxy groups -OCH3 is 1. The van der Waals surface area contributed by atoms with Gasteiger partial charge >= 0.3 is 0 Å². The largest absolute Gasteiger partial charge is 0.508 e. The van der Waals surface area contributed by atoms with Crippen LogP contribution in [-0.4, -0.2) is 36.2 Å². The van der Waals surface area contributed by atoms with Crippen LogP contribution in [0.25, 0.3) is 0 Å². The molecule has 0 bridgehead atoms. The summed E-state index contributed by atoms with van der Waals surface area (Å²) in [6.45, 7) is 7.31. The monoisotopic (exact) mass is 277 g/mol. The van der Waals surface area contributed by atoms with E-state index in [9.17, 15) is 5.11 Å². The maximum atomic E-state index is 10.0. The lowest BCUT2D eigenvalue weighted by atomic mass is 10.1. The van der Waals surface area contributed by atoms with E-state index in [1.165, 1.54) is 37.1 Å². The van der Waals surface area contributed by atoms with Gasteiger partial charge in [-0.3, -0.25) is 4.90 Å². The van der Waals surface area contributed by atoms with Crippen LogP contribution in [0.3, 0.4) is 0 Å². The van der Waals surface area contributed by atoms with Crippen LogP contribution in [0.15, 0.2) is 12.1 Å². The lowest BCUT2D eigenvalue weighted by Gasteiger charge is -2.27. The summed E-state index contributed by atoms with van der Waals surface area (Å²) in [5, 5.41) is 10.0. The van der Waals surface area contributed by atoms with Crippen LogP contribution < -0.4 is 0 Å². The van der Waals surface area contributed by atoms with E-state index in [1.54, 1.807) is 7.11 Å². The Morgan fingerprint density at radius 3 is 2.30 bits per heavy atom. The summed E-state index contributed by atoms with van der Waals surface area (Å²) in [7, 11) is 1.67. The summed E-state index contributed by atoms with van der Waals surface area (Å²) in [6, 6.07) is 4.67.